The van der Waals surface area contributed by atoms with Crippen molar-refractivity contribution in [3.8, 4) is 5.82 Å². The zero-order valence-corrected chi connectivity index (χ0v) is 11.5. The summed E-state index contributed by atoms with van der Waals surface area (Å²) < 4.78 is 3.46. The molecule has 7 heteroatoms. The fourth-order valence-corrected chi connectivity index (χ4v) is 2.71. The summed E-state index contributed by atoms with van der Waals surface area (Å²) in [5.41, 5.74) is 0.513. The minimum absolute atomic E-state index is 0.513. The number of rotatable bonds is 4. The first kappa shape index (κ1) is 12.0. The summed E-state index contributed by atoms with van der Waals surface area (Å²) in [7, 11) is 0. The summed E-state index contributed by atoms with van der Waals surface area (Å²) in [4.78, 5) is 21.0. The number of carbonyl (C=O) groups is 1. The number of hydrogen-bond donors (Lipinski definition) is 0. The van der Waals surface area contributed by atoms with Gasteiger partial charge in [-0.15, -0.1) is 16.4 Å². The monoisotopic (exact) mass is 275 g/mol. The number of nitrogens with zero attached hydrogens (tertiary/aromatic N) is 5. The van der Waals surface area contributed by atoms with E-state index < -0.39 is 0 Å². The maximum Gasteiger partial charge on any atom is 0.196 e. The van der Waals surface area contributed by atoms with Crippen molar-refractivity contribution in [2.45, 2.75) is 26.7 Å². The summed E-state index contributed by atoms with van der Waals surface area (Å²) in [5.74, 6) is 2.15. The number of hydrogen-bond acceptors (Lipinski definition) is 5. The fourth-order valence-electron chi connectivity index (χ4n) is 2.00. The maximum atomic E-state index is 11.3. The summed E-state index contributed by atoms with van der Waals surface area (Å²) in [5, 5.41) is 6.33. The molecule has 0 atom stereocenters. The van der Waals surface area contributed by atoms with Crippen LogP contribution in [-0.4, -0.2) is 30.4 Å². The van der Waals surface area contributed by atoms with Gasteiger partial charge in [0.05, 0.1) is 0 Å². The standard InChI is InChI=1S/C12H13N5OS/c1-3-9-13-10(4-2)17(15-9)11-8(7-18)16-5-6-19-12(16)14-11/h5-7H,3-4H2,1-2H3. The van der Waals surface area contributed by atoms with Gasteiger partial charge in [0.2, 0.25) is 0 Å². The Balaban J connectivity index is 2.25. The van der Waals surface area contributed by atoms with E-state index in [1.165, 1.54) is 11.3 Å². The molecule has 19 heavy (non-hydrogen) atoms. The van der Waals surface area contributed by atoms with E-state index in [4.69, 9.17) is 0 Å². The largest absolute Gasteiger partial charge is 0.296 e. The minimum atomic E-state index is 0.513. The van der Waals surface area contributed by atoms with Crippen LogP contribution in [0.2, 0.25) is 0 Å². The van der Waals surface area contributed by atoms with Crippen LogP contribution in [0.3, 0.4) is 0 Å². The number of thiazole rings is 1. The van der Waals surface area contributed by atoms with Gasteiger partial charge in [0.1, 0.15) is 11.5 Å². The van der Waals surface area contributed by atoms with Crippen molar-refractivity contribution >= 4 is 22.6 Å². The van der Waals surface area contributed by atoms with Crippen LogP contribution in [-0.2, 0) is 12.8 Å². The van der Waals surface area contributed by atoms with Gasteiger partial charge in [-0.2, -0.15) is 9.67 Å². The zero-order chi connectivity index (χ0) is 13.4. The molecule has 0 fully saturated rings. The molecule has 0 amide bonds. The van der Waals surface area contributed by atoms with Crippen molar-refractivity contribution in [1.29, 1.82) is 0 Å². The second kappa shape index (κ2) is 4.58. The van der Waals surface area contributed by atoms with Crippen LogP contribution >= 0.6 is 11.3 Å². The molecular weight excluding hydrogens is 262 g/mol. The first-order chi connectivity index (χ1) is 9.28. The minimum Gasteiger partial charge on any atom is -0.296 e. The fraction of sp³-hybridized carbons (Fsp3) is 0.333. The van der Waals surface area contributed by atoms with Gasteiger partial charge in [-0.3, -0.25) is 9.20 Å². The van der Waals surface area contributed by atoms with Gasteiger partial charge in [-0.25, -0.2) is 4.98 Å². The summed E-state index contributed by atoms with van der Waals surface area (Å²) in [6.07, 6.45) is 4.16. The van der Waals surface area contributed by atoms with E-state index in [0.29, 0.717) is 11.5 Å². The Bertz CT molecular complexity index is 739. The third-order valence-electron chi connectivity index (χ3n) is 2.94. The van der Waals surface area contributed by atoms with Crippen LogP contribution < -0.4 is 0 Å². The SMILES string of the molecule is CCc1nc(CC)n(-c2nc3sccn3c2C=O)n1. The quantitative estimate of drug-likeness (QED) is 0.682. The Labute approximate surface area is 113 Å². The van der Waals surface area contributed by atoms with Gasteiger partial charge in [-0.1, -0.05) is 13.8 Å². The molecule has 3 aromatic rings. The Morgan fingerprint density at radius 1 is 1.32 bits per heavy atom. The number of aromatic nitrogens is 5. The predicted octanol–water partition coefficient (Wildman–Crippen LogP) is 1.91. The van der Waals surface area contributed by atoms with Crippen molar-refractivity contribution in [3.05, 3.63) is 28.9 Å². The van der Waals surface area contributed by atoms with Crippen molar-refractivity contribution < 1.29 is 4.79 Å². The summed E-state index contributed by atoms with van der Waals surface area (Å²) in [6.45, 7) is 4.02. The van der Waals surface area contributed by atoms with Crippen molar-refractivity contribution in [2.75, 3.05) is 0 Å². The Morgan fingerprint density at radius 3 is 2.84 bits per heavy atom. The lowest BCUT2D eigenvalue weighted by Crippen LogP contribution is -2.06. The predicted molar refractivity (Wildman–Crippen MR) is 72.1 cm³/mol. The van der Waals surface area contributed by atoms with Crippen LogP contribution in [0.5, 0.6) is 0 Å². The molecule has 0 aliphatic carbocycles. The molecule has 0 unspecified atom stereocenters. The molecule has 98 valence electrons. The zero-order valence-electron chi connectivity index (χ0n) is 10.7. The first-order valence-corrected chi connectivity index (χ1v) is 7.02. The highest BCUT2D eigenvalue weighted by Gasteiger charge is 2.18. The molecule has 0 radical (unpaired) electrons. The summed E-state index contributed by atoms with van der Waals surface area (Å²) >= 11 is 1.49. The topological polar surface area (TPSA) is 65.1 Å². The average molecular weight is 275 g/mol. The van der Waals surface area contributed by atoms with Gasteiger partial charge in [0.15, 0.2) is 22.9 Å². The lowest BCUT2D eigenvalue weighted by molar-refractivity contribution is 0.111. The number of carbonyl (C=O) groups excluding carboxylic acids is 1. The Morgan fingerprint density at radius 2 is 2.16 bits per heavy atom. The molecule has 0 bridgehead atoms. The summed E-state index contributed by atoms with van der Waals surface area (Å²) in [6, 6.07) is 0. The molecule has 0 N–H and O–H groups in total. The van der Waals surface area contributed by atoms with Crippen LogP contribution in [0.25, 0.3) is 10.8 Å². The molecule has 3 rings (SSSR count). The molecule has 0 saturated heterocycles. The molecule has 6 nitrogen and oxygen atoms in total. The highest BCUT2D eigenvalue weighted by molar-refractivity contribution is 7.15. The van der Waals surface area contributed by atoms with E-state index in [0.717, 1.165) is 35.7 Å². The third-order valence-corrected chi connectivity index (χ3v) is 3.70. The van der Waals surface area contributed by atoms with Crippen LogP contribution in [0, 0.1) is 0 Å². The van der Waals surface area contributed by atoms with E-state index in [9.17, 15) is 4.79 Å². The third kappa shape index (κ3) is 1.77. The van der Waals surface area contributed by atoms with E-state index in [1.54, 1.807) is 9.08 Å². The van der Waals surface area contributed by atoms with Crippen LogP contribution in [0.4, 0.5) is 0 Å². The second-order valence-electron chi connectivity index (χ2n) is 4.06. The normalized spacial score (nSPS) is 11.3. The van der Waals surface area contributed by atoms with E-state index >= 15 is 0 Å². The first-order valence-electron chi connectivity index (χ1n) is 6.14. The Hall–Kier alpha value is -2.02. The lowest BCUT2D eigenvalue weighted by Gasteiger charge is -2.00. The van der Waals surface area contributed by atoms with E-state index in [-0.39, 0.29) is 0 Å². The molecule has 0 aliphatic heterocycles. The smallest absolute Gasteiger partial charge is 0.196 e. The van der Waals surface area contributed by atoms with Crippen molar-refractivity contribution in [1.82, 2.24) is 24.1 Å². The second-order valence-corrected chi connectivity index (χ2v) is 4.93. The maximum absolute atomic E-state index is 11.3. The number of aryl methyl sites for hydroxylation is 2. The van der Waals surface area contributed by atoms with Gasteiger partial charge in [0, 0.05) is 24.4 Å². The van der Waals surface area contributed by atoms with Crippen LogP contribution in [0.15, 0.2) is 11.6 Å². The van der Waals surface area contributed by atoms with Crippen LogP contribution in [0.1, 0.15) is 36.0 Å². The molecule has 0 spiro atoms. The molecule has 3 aromatic heterocycles. The van der Waals surface area contributed by atoms with Gasteiger partial charge in [-0.05, 0) is 0 Å². The number of aldehydes is 1. The Kier molecular flexibility index (Phi) is 2.90. The molecule has 3 heterocycles. The van der Waals surface area contributed by atoms with Gasteiger partial charge >= 0.3 is 0 Å². The highest BCUT2D eigenvalue weighted by Crippen LogP contribution is 2.20. The molecular formula is C12H13N5OS. The van der Waals surface area contributed by atoms with E-state index in [1.807, 2.05) is 25.4 Å². The number of imidazole rings is 1. The molecule has 0 aromatic carbocycles. The highest BCUT2D eigenvalue weighted by atomic mass is 32.1. The average Bonchev–Trinajstić information content (AvgIpc) is 3.10. The molecule has 0 saturated carbocycles. The van der Waals surface area contributed by atoms with Gasteiger partial charge < -0.3 is 0 Å². The van der Waals surface area contributed by atoms with E-state index in [2.05, 4.69) is 15.1 Å². The van der Waals surface area contributed by atoms with Crippen molar-refractivity contribution in [3.63, 3.8) is 0 Å². The molecule has 0 aliphatic rings. The lowest BCUT2D eigenvalue weighted by atomic mass is 10.4. The number of fused-ring (bicyclic) bond motifs is 1. The van der Waals surface area contributed by atoms with Gasteiger partial charge in [0.25, 0.3) is 0 Å². The van der Waals surface area contributed by atoms with Crippen molar-refractivity contribution in [2.24, 2.45) is 0 Å².